The molecule has 88 valence electrons. The van der Waals surface area contributed by atoms with E-state index in [1.807, 2.05) is 39.0 Å². The maximum Gasteiger partial charge on any atom is 0.144 e. The van der Waals surface area contributed by atoms with Crippen LogP contribution in [0.4, 0.5) is 0 Å². The van der Waals surface area contributed by atoms with Crippen molar-refractivity contribution in [2.24, 2.45) is 4.40 Å². The molecular formula is C11H13BrINOS. The Morgan fingerprint density at radius 1 is 1.44 bits per heavy atom. The summed E-state index contributed by atoms with van der Waals surface area (Å²) in [6, 6.07) is 5.93. The molecule has 0 aliphatic heterocycles. The first-order valence-electron chi connectivity index (χ1n) is 4.72. The van der Waals surface area contributed by atoms with Gasteiger partial charge in [0.05, 0.1) is 4.75 Å². The summed E-state index contributed by atoms with van der Waals surface area (Å²) in [6.07, 6.45) is 1.67. The van der Waals surface area contributed by atoms with Crippen LogP contribution in [-0.2, 0) is 11.0 Å². The molecule has 0 heterocycles. The Morgan fingerprint density at radius 3 is 2.62 bits per heavy atom. The van der Waals surface area contributed by atoms with Crippen molar-refractivity contribution >= 4 is 55.7 Å². The van der Waals surface area contributed by atoms with E-state index in [2.05, 4.69) is 42.9 Å². The van der Waals surface area contributed by atoms with Crippen LogP contribution in [-0.4, -0.2) is 15.2 Å². The van der Waals surface area contributed by atoms with Crippen molar-refractivity contribution in [2.75, 3.05) is 0 Å². The number of hydrogen-bond acceptors (Lipinski definition) is 1. The van der Waals surface area contributed by atoms with Gasteiger partial charge in [0.25, 0.3) is 0 Å². The van der Waals surface area contributed by atoms with E-state index >= 15 is 0 Å². The third kappa shape index (κ3) is 4.25. The lowest BCUT2D eigenvalue weighted by atomic mass is 10.2. The molecular weight excluding hydrogens is 401 g/mol. The average Bonchev–Trinajstić information content (AvgIpc) is 2.17. The van der Waals surface area contributed by atoms with Crippen molar-refractivity contribution < 1.29 is 4.21 Å². The molecule has 1 aromatic carbocycles. The summed E-state index contributed by atoms with van der Waals surface area (Å²) in [7, 11) is -1.20. The van der Waals surface area contributed by atoms with Crippen molar-refractivity contribution in [3.05, 3.63) is 31.8 Å². The van der Waals surface area contributed by atoms with Crippen LogP contribution in [0.5, 0.6) is 0 Å². The molecule has 0 fully saturated rings. The topological polar surface area (TPSA) is 29.4 Å². The summed E-state index contributed by atoms with van der Waals surface area (Å²) >= 11 is 5.64. The van der Waals surface area contributed by atoms with E-state index in [1.165, 1.54) is 0 Å². The van der Waals surface area contributed by atoms with Gasteiger partial charge in [-0.15, -0.1) is 0 Å². The lowest BCUT2D eigenvalue weighted by molar-refractivity contribution is 0.651. The van der Waals surface area contributed by atoms with E-state index in [9.17, 15) is 4.21 Å². The zero-order valence-corrected chi connectivity index (χ0v) is 13.9. The predicted octanol–water partition coefficient (Wildman–Crippen LogP) is 3.93. The SMILES string of the molecule is CC(C)(C)S(=O)N=Cc1cc(Br)ccc1I. The molecule has 1 aromatic rings. The minimum atomic E-state index is -1.20. The number of hydrogen-bond donors (Lipinski definition) is 0. The summed E-state index contributed by atoms with van der Waals surface area (Å²) in [5.74, 6) is 0. The van der Waals surface area contributed by atoms with E-state index < -0.39 is 11.0 Å². The molecule has 0 saturated carbocycles. The molecule has 0 aliphatic carbocycles. The second-order valence-electron chi connectivity index (χ2n) is 4.26. The summed E-state index contributed by atoms with van der Waals surface area (Å²) < 4.78 is 17.6. The Labute approximate surface area is 121 Å². The molecule has 0 bridgehead atoms. The van der Waals surface area contributed by atoms with E-state index in [0.29, 0.717) is 0 Å². The normalized spacial score (nSPS) is 14.3. The maximum absolute atomic E-state index is 11.7. The van der Waals surface area contributed by atoms with Crippen LogP contribution < -0.4 is 0 Å². The van der Waals surface area contributed by atoms with Gasteiger partial charge in [0.15, 0.2) is 0 Å². The molecule has 0 saturated heterocycles. The van der Waals surface area contributed by atoms with Crippen LogP contribution in [0.3, 0.4) is 0 Å². The Bertz CT molecular complexity index is 440. The molecule has 2 nitrogen and oxygen atoms in total. The van der Waals surface area contributed by atoms with E-state index in [-0.39, 0.29) is 4.75 Å². The van der Waals surface area contributed by atoms with Crippen molar-refractivity contribution in [3.8, 4) is 0 Å². The highest BCUT2D eigenvalue weighted by Gasteiger charge is 2.18. The Balaban J connectivity index is 2.93. The Morgan fingerprint density at radius 2 is 2.06 bits per heavy atom. The molecule has 0 aliphatic rings. The average molecular weight is 414 g/mol. The predicted molar refractivity (Wildman–Crippen MR) is 82.3 cm³/mol. The molecule has 0 aromatic heterocycles. The quantitative estimate of drug-likeness (QED) is 0.533. The largest absolute Gasteiger partial charge is 0.234 e. The number of rotatable bonds is 2. The van der Waals surface area contributed by atoms with Gasteiger partial charge in [0.1, 0.15) is 11.0 Å². The highest BCUT2D eigenvalue weighted by molar-refractivity contribution is 14.1. The summed E-state index contributed by atoms with van der Waals surface area (Å²) in [5.41, 5.74) is 0.979. The first-order chi connectivity index (χ1) is 7.30. The van der Waals surface area contributed by atoms with Gasteiger partial charge in [-0.3, -0.25) is 0 Å². The monoisotopic (exact) mass is 413 g/mol. The smallest absolute Gasteiger partial charge is 0.144 e. The molecule has 0 amide bonds. The minimum absolute atomic E-state index is 0.312. The molecule has 1 unspecified atom stereocenters. The maximum atomic E-state index is 11.7. The van der Waals surface area contributed by atoms with Crippen LogP contribution in [0.2, 0.25) is 0 Å². The summed E-state index contributed by atoms with van der Waals surface area (Å²) in [4.78, 5) is 0. The highest BCUT2D eigenvalue weighted by atomic mass is 127. The van der Waals surface area contributed by atoms with Gasteiger partial charge in [0.2, 0.25) is 0 Å². The summed E-state index contributed by atoms with van der Waals surface area (Å²) in [5, 5.41) is 0. The fraction of sp³-hybridized carbons (Fsp3) is 0.364. The molecule has 0 spiro atoms. The molecule has 1 atom stereocenters. The van der Waals surface area contributed by atoms with Gasteiger partial charge < -0.3 is 0 Å². The molecule has 0 N–H and O–H groups in total. The Hall–Kier alpha value is 0.250. The second-order valence-corrected chi connectivity index (χ2v) is 8.27. The van der Waals surface area contributed by atoms with Crippen molar-refractivity contribution in [3.63, 3.8) is 0 Å². The lowest BCUT2D eigenvalue weighted by Crippen LogP contribution is -2.19. The van der Waals surface area contributed by atoms with Crippen molar-refractivity contribution in [1.82, 2.24) is 0 Å². The van der Waals surface area contributed by atoms with Gasteiger partial charge in [-0.05, 0) is 61.6 Å². The molecule has 0 radical (unpaired) electrons. The van der Waals surface area contributed by atoms with E-state index in [0.717, 1.165) is 13.6 Å². The molecule has 16 heavy (non-hydrogen) atoms. The fourth-order valence-electron chi connectivity index (χ4n) is 0.876. The third-order valence-corrected chi connectivity index (χ3v) is 4.59. The third-order valence-electron chi connectivity index (χ3n) is 1.77. The first kappa shape index (κ1) is 14.3. The first-order valence-corrected chi connectivity index (χ1v) is 7.69. The van der Waals surface area contributed by atoms with E-state index in [4.69, 9.17) is 0 Å². The number of halogens is 2. The second kappa shape index (κ2) is 5.73. The van der Waals surface area contributed by atoms with Crippen molar-refractivity contribution in [2.45, 2.75) is 25.5 Å². The van der Waals surface area contributed by atoms with Gasteiger partial charge in [-0.25, -0.2) is 4.21 Å². The Kier molecular flexibility index (Phi) is 5.12. The molecule has 1 rings (SSSR count). The molecule has 5 heteroatoms. The fourth-order valence-corrected chi connectivity index (χ4v) is 2.26. The van der Waals surface area contributed by atoms with Crippen LogP contribution in [0.25, 0.3) is 0 Å². The van der Waals surface area contributed by atoms with E-state index in [1.54, 1.807) is 6.21 Å². The van der Waals surface area contributed by atoms with Gasteiger partial charge in [-0.1, -0.05) is 15.9 Å². The minimum Gasteiger partial charge on any atom is -0.234 e. The van der Waals surface area contributed by atoms with Crippen LogP contribution >= 0.6 is 38.5 Å². The van der Waals surface area contributed by atoms with Gasteiger partial charge >= 0.3 is 0 Å². The number of nitrogens with zero attached hydrogens (tertiary/aromatic N) is 1. The zero-order valence-electron chi connectivity index (χ0n) is 9.33. The number of benzene rings is 1. The highest BCUT2D eigenvalue weighted by Crippen LogP contribution is 2.18. The van der Waals surface area contributed by atoms with Gasteiger partial charge in [0, 0.05) is 19.8 Å². The zero-order chi connectivity index (χ0) is 12.3. The standard InChI is InChI=1S/C11H13BrINOS/c1-11(2,3)16(15)14-7-8-6-9(12)4-5-10(8)13/h4-7H,1-3H3. The lowest BCUT2D eigenvalue weighted by Gasteiger charge is -2.12. The van der Waals surface area contributed by atoms with Gasteiger partial charge in [-0.2, -0.15) is 4.40 Å². The van der Waals surface area contributed by atoms with Crippen molar-refractivity contribution in [1.29, 1.82) is 0 Å². The van der Waals surface area contributed by atoms with Crippen LogP contribution in [0.1, 0.15) is 26.3 Å². The summed E-state index contributed by atoms with van der Waals surface area (Å²) in [6.45, 7) is 5.73. The van der Waals surface area contributed by atoms with Crippen LogP contribution in [0.15, 0.2) is 27.1 Å². The van der Waals surface area contributed by atoms with Crippen LogP contribution in [0, 0.1) is 3.57 Å².